The van der Waals surface area contributed by atoms with Gasteiger partial charge < -0.3 is 10.1 Å². The van der Waals surface area contributed by atoms with Gasteiger partial charge in [-0.3, -0.25) is 19.2 Å². The lowest BCUT2D eigenvalue weighted by molar-refractivity contribution is -0.384. The molecule has 3 aromatic rings. The Morgan fingerprint density at radius 2 is 1.81 bits per heavy atom. The lowest BCUT2D eigenvalue weighted by Crippen LogP contribution is -2.38. The van der Waals surface area contributed by atoms with Gasteiger partial charge in [0.05, 0.1) is 27.6 Å². The SMILES string of the molecule is COc1ccc(N(CC(=O)Nc2cccc([N+](=O)[O-])c2)S(=O)(=O)c2ccccc2)cc1Cl. The second-order valence-corrected chi connectivity index (χ2v) is 8.77. The van der Waals surface area contributed by atoms with Crippen LogP contribution in [0.1, 0.15) is 0 Å². The molecule has 0 fully saturated rings. The van der Waals surface area contributed by atoms with Crippen LogP contribution >= 0.6 is 11.6 Å². The van der Waals surface area contributed by atoms with Gasteiger partial charge >= 0.3 is 0 Å². The third kappa shape index (κ3) is 5.16. The molecule has 0 aliphatic heterocycles. The fourth-order valence-electron chi connectivity index (χ4n) is 2.87. The predicted octanol–water partition coefficient (Wildman–Crippen LogP) is 4.09. The molecule has 0 atom stereocenters. The Balaban J connectivity index is 1.96. The van der Waals surface area contributed by atoms with Crippen LogP contribution in [0, 0.1) is 10.1 Å². The van der Waals surface area contributed by atoms with E-state index in [9.17, 15) is 23.3 Å². The Hall–Kier alpha value is -3.63. The van der Waals surface area contributed by atoms with Gasteiger partial charge in [-0.1, -0.05) is 35.9 Å². The van der Waals surface area contributed by atoms with Crippen LogP contribution in [0.2, 0.25) is 5.02 Å². The maximum Gasteiger partial charge on any atom is 0.271 e. The van der Waals surface area contributed by atoms with Gasteiger partial charge in [-0.25, -0.2) is 8.42 Å². The van der Waals surface area contributed by atoms with E-state index in [-0.39, 0.29) is 27.0 Å². The number of nitro groups is 1. The zero-order valence-electron chi connectivity index (χ0n) is 16.8. The summed E-state index contributed by atoms with van der Waals surface area (Å²) in [6, 6.07) is 17.3. The van der Waals surface area contributed by atoms with Gasteiger partial charge in [-0.05, 0) is 36.4 Å². The average molecular weight is 476 g/mol. The van der Waals surface area contributed by atoms with Crippen molar-refractivity contribution in [1.82, 2.24) is 0 Å². The van der Waals surface area contributed by atoms with Crippen molar-refractivity contribution >= 4 is 44.6 Å². The van der Waals surface area contributed by atoms with Crippen molar-refractivity contribution in [2.45, 2.75) is 4.90 Å². The van der Waals surface area contributed by atoms with E-state index in [1.54, 1.807) is 18.2 Å². The number of halogens is 1. The molecule has 3 rings (SSSR count). The van der Waals surface area contributed by atoms with Crippen molar-refractivity contribution in [3.05, 3.63) is 87.9 Å². The normalized spacial score (nSPS) is 10.9. The molecule has 0 aliphatic carbocycles. The highest BCUT2D eigenvalue weighted by molar-refractivity contribution is 7.92. The fraction of sp³-hybridized carbons (Fsp3) is 0.0952. The fourth-order valence-corrected chi connectivity index (χ4v) is 4.56. The number of amides is 1. The molecule has 3 aromatic carbocycles. The van der Waals surface area contributed by atoms with E-state index in [1.165, 1.54) is 61.7 Å². The van der Waals surface area contributed by atoms with Gasteiger partial charge in [0.15, 0.2) is 0 Å². The molecule has 1 N–H and O–H groups in total. The summed E-state index contributed by atoms with van der Waals surface area (Å²) in [7, 11) is -2.71. The highest BCUT2D eigenvalue weighted by Crippen LogP contribution is 2.32. The van der Waals surface area contributed by atoms with Gasteiger partial charge in [-0.15, -0.1) is 0 Å². The lowest BCUT2D eigenvalue weighted by Gasteiger charge is -2.24. The summed E-state index contributed by atoms with van der Waals surface area (Å²) >= 11 is 6.17. The van der Waals surface area contributed by atoms with Gasteiger partial charge in [0.2, 0.25) is 5.91 Å². The lowest BCUT2D eigenvalue weighted by atomic mass is 10.2. The quantitative estimate of drug-likeness (QED) is 0.387. The molecule has 11 heteroatoms. The molecule has 0 unspecified atom stereocenters. The van der Waals surface area contributed by atoms with Crippen LogP contribution in [0.4, 0.5) is 17.1 Å². The van der Waals surface area contributed by atoms with Crippen molar-refractivity contribution in [2.24, 2.45) is 0 Å². The molecule has 0 saturated carbocycles. The minimum absolute atomic E-state index is 0.0184. The smallest absolute Gasteiger partial charge is 0.271 e. The number of benzene rings is 3. The van der Waals surface area contributed by atoms with Crippen LogP contribution in [0.25, 0.3) is 0 Å². The van der Waals surface area contributed by atoms with E-state index in [2.05, 4.69) is 5.32 Å². The monoisotopic (exact) mass is 475 g/mol. The van der Waals surface area contributed by atoms with Crippen molar-refractivity contribution in [2.75, 3.05) is 23.3 Å². The number of hydrogen-bond donors (Lipinski definition) is 1. The Labute approximate surface area is 189 Å². The number of nitrogens with one attached hydrogen (secondary N) is 1. The molecule has 32 heavy (non-hydrogen) atoms. The molecule has 166 valence electrons. The highest BCUT2D eigenvalue weighted by atomic mass is 35.5. The highest BCUT2D eigenvalue weighted by Gasteiger charge is 2.28. The molecular formula is C21H18ClN3O6S. The summed E-state index contributed by atoms with van der Waals surface area (Å²) in [5.41, 5.74) is 0.0985. The number of nitro benzene ring substituents is 1. The average Bonchev–Trinajstić information content (AvgIpc) is 2.78. The number of non-ortho nitro benzene ring substituents is 1. The van der Waals surface area contributed by atoms with E-state index < -0.39 is 27.4 Å². The number of hydrogen-bond acceptors (Lipinski definition) is 6. The van der Waals surface area contributed by atoms with Crippen molar-refractivity contribution in [1.29, 1.82) is 0 Å². The van der Waals surface area contributed by atoms with Crippen LogP contribution in [0.15, 0.2) is 77.7 Å². The van der Waals surface area contributed by atoms with Gasteiger partial charge in [-0.2, -0.15) is 0 Å². The molecule has 0 spiro atoms. The second-order valence-electron chi connectivity index (χ2n) is 6.50. The maximum atomic E-state index is 13.3. The molecule has 0 heterocycles. The minimum Gasteiger partial charge on any atom is -0.495 e. The van der Waals surface area contributed by atoms with E-state index in [0.717, 1.165) is 4.31 Å². The molecule has 9 nitrogen and oxygen atoms in total. The second kappa shape index (κ2) is 9.67. The van der Waals surface area contributed by atoms with Crippen LogP contribution < -0.4 is 14.4 Å². The van der Waals surface area contributed by atoms with Gasteiger partial charge in [0, 0.05) is 17.8 Å². The number of ether oxygens (including phenoxy) is 1. The van der Waals surface area contributed by atoms with Gasteiger partial charge in [0.25, 0.3) is 15.7 Å². The number of methoxy groups -OCH3 is 1. The first-order chi connectivity index (χ1) is 15.2. The number of carbonyl (C=O) groups excluding carboxylic acids is 1. The van der Waals surface area contributed by atoms with Crippen molar-refractivity contribution < 1.29 is 22.9 Å². The Morgan fingerprint density at radius 1 is 1.09 bits per heavy atom. The summed E-state index contributed by atoms with van der Waals surface area (Å²) in [5, 5.41) is 13.6. The molecule has 0 aliphatic rings. The molecule has 0 radical (unpaired) electrons. The van der Waals surface area contributed by atoms with Gasteiger partial charge in [0.1, 0.15) is 12.3 Å². The summed E-state index contributed by atoms with van der Waals surface area (Å²) in [4.78, 5) is 23.1. The Bertz CT molecular complexity index is 1250. The van der Waals surface area contributed by atoms with Crippen LogP contribution in [0.3, 0.4) is 0 Å². The number of carbonyl (C=O) groups is 1. The molecule has 0 aromatic heterocycles. The predicted molar refractivity (Wildman–Crippen MR) is 121 cm³/mol. The first-order valence-electron chi connectivity index (χ1n) is 9.18. The third-order valence-corrected chi connectivity index (χ3v) is 6.47. The summed E-state index contributed by atoms with van der Waals surface area (Å²) in [6.45, 7) is -0.595. The standard InChI is InChI=1S/C21H18ClN3O6S/c1-31-20-11-10-16(13-19(20)22)24(32(29,30)18-8-3-2-4-9-18)14-21(26)23-15-6-5-7-17(12-15)25(27)28/h2-13H,14H2,1H3,(H,23,26). The topological polar surface area (TPSA) is 119 Å². The molecular weight excluding hydrogens is 458 g/mol. The van der Waals surface area contributed by atoms with Crippen molar-refractivity contribution in [3.8, 4) is 5.75 Å². The van der Waals surface area contributed by atoms with E-state index in [0.29, 0.717) is 5.75 Å². The molecule has 0 bridgehead atoms. The van der Waals surface area contributed by atoms with E-state index >= 15 is 0 Å². The summed E-state index contributed by atoms with van der Waals surface area (Å²) in [5.74, 6) is -0.356. The molecule has 0 saturated heterocycles. The zero-order valence-corrected chi connectivity index (χ0v) is 18.3. The first-order valence-corrected chi connectivity index (χ1v) is 11.0. The van der Waals surface area contributed by atoms with Crippen LogP contribution in [0.5, 0.6) is 5.75 Å². The van der Waals surface area contributed by atoms with Crippen LogP contribution in [-0.4, -0.2) is 32.9 Å². The zero-order chi connectivity index (χ0) is 23.3. The van der Waals surface area contributed by atoms with Crippen LogP contribution in [-0.2, 0) is 14.8 Å². The molecule has 1 amide bonds. The number of sulfonamides is 1. The minimum atomic E-state index is -4.13. The Morgan fingerprint density at radius 3 is 2.44 bits per heavy atom. The van der Waals surface area contributed by atoms with E-state index in [1.807, 2.05) is 0 Å². The third-order valence-electron chi connectivity index (χ3n) is 4.38. The summed E-state index contributed by atoms with van der Waals surface area (Å²) in [6.07, 6.45) is 0. The van der Waals surface area contributed by atoms with Crippen molar-refractivity contribution in [3.63, 3.8) is 0 Å². The number of nitrogens with zero attached hydrogens (tertiary/aromatic N) is 2. The Kier molecular flexibility index (Phi) is 6.96. The largest absolute Gasteiger partial charge is 0.495 e. The van der Waals surface area contributed by atoms with E-state index in [4.69, 9.17) is 16.3 Å². The maximum absolute atomic E-state index is 13.3. The number of anilines is 2. The number of rotatable bonds is 8. The summed E-state index contributed by atoms with van der Waals surface area (Å²) < 4.78 is 32.6. The first kappa shape index (κ1) is 23.0.